The molecule has 2 unspecified atom stereocenters. The third kappa shape index (κ3) is 3.56. The van der Waals surface area contributed by atoms with Crippen LogP contribution in [0, 0.1) is 5.92 Å². The number of piperidine rings is 1. The van der Waals surface area contributed by atoms with Crippen molar-refractivity contribution in [2.75, 3.05) is 20.1 Å². The lowest BCUT2D eigenvalue weighted by molar-refractivity contribution is 0.0632. The van der Waals surface area contributed by atoms with Crippen molar-refractivity contribution in [2.45, 2.75) is 38.8 Å². The van der Waals surface area contributed by atoms with Gasteiger partial charge in [-0.05, 0) is 76.5 Å². The molecule has 0 amide bonds. The molecule has 2 rings (SSSR count). The van der Waals surface area contributed by atoms with Crippen LogP contribution in [-0.2, 0) is 0 Å². The van der Waals surface area contributed by atoms with Crippen LogP contribution in [0.4, 0.5) is 0 Å². The Bertz CT molecular complexity index is 448. The summed E-state index contributed by atoms with van der Waals surface area (Å²) in [7, 11) is 2.04. The SMILES string of the molecule is CNCC1CCCN(C(C)C)C1c1cc(Cl)ccc1Br. The average Bonchev–Trinajstić information content (AvgIpc) is 2.42. The predicted molar refractivity (Wildman–Crippen MR) is 90.4 cm³/mol. The number of benzene rings is 1. The lowest BCUT2D eigenvalue weighted by atomic mass is 9.83. The molecule has 0 radical (unpaired) electrons. The summed E-state index contributed by atoms with van der Waals surface area (Å²) in [5, 5.41) is 4.18. The van der Waals surface area contributed by atoms with Crippen LogP contribution in [0.15, 0.2) is 22.7 Å². The van der Waals surface area contributed by atoms with E-state index in [9.17, 15) is 0 Å². The monoisotopic (exact) mass is 358 g/mol. The number of likely N-dealkylation sites (tertiary alicyclic amines) is 1. The summed E-state index contributed by atoms with van der Waals surface area (Å²) in [5.74, 6) is 0.630. The van der Waals surface area contributed by atoms with Crippen LogP contribution in [0.1, 0.15) is 38.3 Å². The minimum atomic E-state index is 0.435. The van der Waals surface area contributed by atoms with Crippen LogP contribution in [0.5, 0.6) is 0 Å². The molecule has 2 nitrogen and oxygen atoms in total. The predicted octanol–water partition coefficient (Wildman–Crippen LogP) is 4.48. The second-order valence-electron chi connectivity index (χ2n) is 5.90. The van der Waals surface area contributed by atoms with Gasteiger partial charge < -0.3 is 5.32 Å². The van der Waals surface area contributed by atoms with Crippen molar-refractivity contribution >= 4 is 27.5 Å². The van der Waals surface area contributed by atoms with E-state index in [0.29, 0.717) is 18.0 Å². The van der Waals surface area contributed by atoms with E-state index in [1.807, 2.05) is 13.1 Å². The van der Waals surface area contributed by atoms with E-state index < -0.39 is 0 Å². The topological polar surface area (TPSA) is 15.3 Å². The average molecular weight is 360 g/mol. The lowest BCUT2D eigenvalue weighted by Gasteiger charge is -2.44. The molecule has 2 atom stereocenters. The Labute approximate surface area is 136 Å². The normalized spacial score (nSPS) is 24.3. The van der Waals surface area contributed by atoms with E-state index in [2.05, 4.69) is 52.1 Å². The molecule has 0 saturated carbocycles. The molecule has 4 heteroatoms. The molecule has 1 aromatic rings. The third-order valence-corrected chi connectivity index (χ3v) is 5.16. The summed E-state index contributed by atoms with van der Waals surface area (Å²) >= 11 is 9.95. The number of halogens is 2. The summed E-state index contributed by atoms with van der Waals surface area (Å²) in [6.07, 6.45) is 2.55. The first-order chi connectivity index (χ1) is 9.54. The fourth-order valence-electron chi connectivity index (χ4n) is 3.33. The molecule has 0 spiro atoms. The Morgan fingerprint density at radius 1 is 1.45 bits per heavy atom. The van der Waals surface area contributed by atoms with E-state index >= 15 is 0 Å². The summed E-state index contributed by atoms with van der Waals surface area (Å²) in [6.45, 7) is 6.79. The zero-order valence-electron chi connectivity index (χ0n) is 12.5. The lowest BCUT2D eigenvalue weighted by Crippen LogP contribution is -2.45. The minimum Gasteiger partial charge on any atom is -0.319 e. The Morgan fingerprint density at radius 2 is 2.20 bits per heavy atom. The minimum absolute atomic E-state index is 0.435. The van der Waals surface area contributed by atoms with Crippen LogP contribution < -0.4 is 5.32 Å². The second-order valence-corrected chi connectivity index (χ2v) is 7.19. The Kier molecular flexibility index (Phi) is 5.91. The van der Waals surface area contributed by atoms with E-state index in [1.54, 1.807) is 0 Å². The van der Waals surface area contributed by atoms with Gasteiger partial charge in [0.25, 0.3) is 0 Å². The quantitative estimate of drug-likeness (QED) is 0.852. The van der Waals surface area contributed by atoms with Gasteiger partial charge in [-0.15, -0.1) is 0 Å². The largest absolute Gasteiger partial charge is 0.319 e. The van der Waals surface area contributed by atoms with Crippen LogP contribution in [0.3, 0.4) is 0 Å². The van der Waals surface area contributed by atoms with E-state index in [0.717, 1.165) is 11.6 Å². The molecule has 1 fully saturated rings. The molecule has 0 aromatic heterocycles. The van der Waals surface area contributed by atoms with Crippen molar-refractivity contribution in [3.8, 4) is 0 Å². The van der Waals surface area contributed by atoms with E-state index in [4.69, 9.17) is 11.6 Å². The first-order valence-corrected chi connectivity index (χ1v) is 8.57. The van der Waals surface area contributed by atoms with E-state index in [1.165, 1.54) is 29.4 Å². The van der Waals surface area contributed by atoms with Gasteiger partial charge in [-0.25, -0.2) is 0 Å². The molecular formula is C16H24BrClN2. The Morgan fingerprint density at radius 3 is 2.85 bits per heavy atom. The maximum Gasteiger partial charge on any atom is 0.0410 e. The van der Waals surface area contributed by atoms with Gasteiger partial charge in [0.1, 0.15) is 0 Å². The maximum absolute atomic E-state index is 6.23. The molecule has 1 aliphatic heterocycles. The van der Waals surface area contributed by atoms with Gasteiger partial charge in [-0.2, -0.15) is 0 Å². The molecule has 1 heterocycles. The van der Waals surface area contributed by atoms with Crippen molar-refractivity contribution in [1.29, 1.82) is 0 Å². The van der Waals surface area contributed by atoms with Crippen LogP contribution >= 0.6 is 27.5 Å². The standard InChI is InChI=1S/C16H24BrClN2/c1-11(2)20-8-4-5-12(10-19-3)16(20)14-9-13(18)6-7-15(14)17/h6-7,9,11-12,16,19H,4-5,8,10H2,1-3H3. The number of rotatable bonds is 4. The Balaban J connectivity index is 2.40. The molecule has 0 bridgehead atoms. The molecule has 0 aliphatic carbocycles. The third-order valence-electron chi connectivity index (χ3n) is 4.20. The zero-order chi connectivity index (χ0) is 14.7. The summed E-state index contributed by atoms with van der Waals surface area (Å²) < 4.78 is 1.17. The van der Waals surface area contributed by atoms with Crippen molar-refractivity contribution in [3.63, 3.8) is 0 Å². The van der Waals surface area contributed by atoms with Gasteiger partial charge in [0.2, 0.25) is 0 Å². The second kappa shape index (κ2) is 7.26. The van der Waals surface area contributed by atoms with Crippen molar-refractivity contribution in [2.24, 2.45) is 5.92 Å². The number of hydrogen-bond donors (Lipinski definition) is 1. The molecular weight excluding hydrogens is 336 g/mol. The molecule has 1 saturated heterocycles. The van der Waals surface area contributed by atoms with Crippen LogP contribution in [0.25, 0.3) is 0 Å². The van der Waals surface area contributed by atoms with Gasteiger partial charge in [0, 0.05) is 21.6 Å². The van der Waals surface area contributed by atoms with Gasteiger partial charge in [0.05, 0.1) is 0 Å². The van der Waals surface area contributed by atoms with Gasteiger partial charge in [0.15, 0.2) is 0 Å². The highest BCUT2D eigenvalue weighted by atomic mass is 79.9. The van der Waals surface area contributed by atoms with Crippen LogP contribution in [-0.4, -0.2) is 31.1 Å². The zero-order valence-corrected chi connectivity index (χ0v) is 14.8. The fraction of sp³-hybridized carbons (Fsp3) is 0.625. The smallest absolute Gasteiger partial charge is 0.0410 e. The van der Waals surface area contributed by atoms with E-state index in [-0.39, 0.29) is 0 Å². The molecule has 1 N–H and O–H groups in total. The van der Waals surface area contributed by atoms with Gasteiger partial charge in [-0.1, -0.05) is 27.5 Å². The number of hydrogen-bond acceptors (Lipinski definition) is 2. The summed E-state index contributed by atoms with van der Waals surface area (Å²) in [6, 6.07) is 7.13. The highest BCUT2D eigenvalue weighted by Crippen LogP contribution is 2.40. The first-order valence-electron chi connectivity index (χ1n) is 7.40. The Hall–Kier alpha value is -0.0900. The number of nitrogens with zero attached hydrogens (tertiary/aromatic N) is 1. The molecule has 20 heavy (non-hydrogen) atoms. The molecule has 1 aromatic carbocycles. The maximum atomic E-state index is 6.23. The van der Waals surface area contributed by atoms with Gasteiger partial charge in [-0.3, -0.25) is 4.90 Å². The van der Waals surface area contributed by atoms with Crippen molar-refractivity contribution < 1.29 is 0 Å². The molecule has 1 aliphatic rings. The fourth-order valence-corrected chi connectivity index (χ4v) is 3.99. The summed E-state index contributed by atoms with van der Waals surface area (Å²) in [4.78, 5) is 2.61. The van der Waals surface area contributed by atoms with Gasteiger partial charge >= 0.3 is 0 Å². The van der Waals surface area contributed by atoms with Crippen LogP contribution in [0.2, 0.25) is 5.02 Å². The van der Waals surface area contributed by atoms with Crippen molar-refractivity contribution in [3.05, 3.63) is 33.3 Å². The number of nitrogens with one attached hydrogen (secondary N) is 1. The highest BCUT2D eigenvalue weighted by Gasteiger charge is 2.34. The van der Waals surface area contributed by atoms with Crippen molar-refractivity contribution in [1.82, 2.24) is 10.2 Å². The first kappa shape index (κ1) is 16.3. The molecule has 112 valence electrons. The summed E-state index contributed by atoms with van der Waals surface area (Å²) in [5.41, 5.74) is 1.33. The highest BCUT2D eigenvalue weighted by molar-refractivity contribution is 9.10.